The number of halogens is 4. The van der Waals surface area contributed by atoms with Crippen LogP contribution in [0.3, 0.4) is 0 Å². The highest BCUT2D eigenvalue weighted by Gasteiger charge is 2.37. The van der Waals surface area contributed by atoms with Crippen molar-refractivity contribution in [2.75, 3.05) is 31.2 Å². The first-order valence-electron chi connectivity index (χ1n) is 7.61. The summed E-state index contributed by atoms with van der Waals surface area (Å²) in [4.78, 5) is 12.2. The molecule has 1 unspecified atom stereocenters. The van der Waals surface area contributed by atoms with Crippen LogP contribution in [-0.2, 0) is 10.9 Å². The quantitative estimate of drug-likeness (QED) is 0.568. The highest BCUT2D eigenvalue weighted by molar-refractivity contribution is 6.31. The lowest BCUT2D eigenvalue weighted by molar-refractivity contribution is -0.384. The Bertz CT molecular complexity index is 610. The van der Waals surface area contributed by atoms with Crippen LogP contribution in [0.5, 0.6) is 0 Å². The summed E-state index contributed by atoms with van der Waals surface area (Å²) in [5.74, 6) is 0.180. The van der Waals surface area contributed by atoms with Crippen LogP contribution in [-0.4, -0.2) is 31.2 Å². The van der Waals surface area contributed by atoms with E-state index in [0.717, 1.165) is 18.9 Å². The number of hydrogen-bond acceptors (Lipinski definition) is 4. The second kappa shape index (κ2) is 7.57. The largest absolute Gasteiger partial charge is 0.418 e. The summed E-state index contributed by atoms with van der Waals surface area (Å²) in [7, 11) is 0. The van der Waals surface area contributed by atoms with E-state index in [1.807, 2.05) is 6.92 Å². The van der Waals surface area contributed by atoms with Gasteiger partial charge in [0.2, 0.25) is 0 Å². The normalized spacial score (nSPS) is 18.7. The predicted octanol–water partition coefficient (Wildman–Crippen LogP) is 4.52. The molecule has 0 saturated carbocycles. The molecule has 1 aliphatic rings. The van der Waals surface area contributed by atoms with Crippen molar-refractivity contribution in [2.45, 2.75) is 25.9 Å². The zero-order valence-corrected chi connectivity index (χ0v) is 13.9. The number of nitro benzene ring substituents is 1. The zero-order chi connectivity index (χ0) is 17.9. The van der Waals surface area contributed by atoms with Gasteiger partial charge < -0.3 is 9.64 Å². The Hall–Kier alpha value is -1.54. The molecule has 0 aliphatic carbocycles. The molecule has 1 aromatic rings. The van der Waals surface area contributed by atoms with Crippen LogP contribution < -0.4 is 4.90 Å². The number of alkyl halides is 3. The van der Waals surface area contributed by atoms with Crippen molar-refractivity contribution in [3.8, 4) is 0 Å². The molecule has 9 heteroatoms. The van der Waals surface area contributed by atoms with Crippen LogP contribution >= 0.6 is 11.6 Å². The van der Waals surface area contributed by atoms with E-state index in [4.69, 9.17) is 16.3 Å². The number of nitrogens with zero attached hydrogens (tertiary/aromatic N) is 2. The Labute approximate surface area is 142 Å². The van der Waals surface area contributed by atoms with Gasteiger partial charge in [0.1, 0.15) is 5.69 Å². The van der Waals surface area contributed by atoms with E-state index in [2.05, 4.69) is 0 Å². The van der Waals surface area contributed by atoms with Crippen LogP contribution in [0.15, 0.2) is 12.1 Å². The maximum absolute atomic E-state index is 12.9. The molecule has 1 heterocycles. The molecule has 1 fully saturated rings. The van der Waals surface area contributed by atoms with Crippen molar-refractivity contribution in [1.82, 2.24) is 0 Å². The standard InChI is InChI=1S/C15H18ClF3N2O3/c1-2-24-9-10-4-3-5-20(8-10)13-7-12(16)11(15(17,18)19)6-14(13)21(22)23/h6-7,10H,2-5,8-9H2,1H3. The molecule has 0 aromatic heterocycles. The van der Waals surface area contributed by atoms with Crippen LogP contribution in [0.4, 0.5) is 24.5 Å². The minimum absolute atomic E-state index is 0.124. The van der Waals surface area contributed by atoms with Crippen LogP contribution in [0.25, 0.3) is 0 Å². The molecule has 0 bridgehead atoms. The fraction of sp³-hybridized carbons (Fsp3) is 0.600. The molecule has 1 aliphatic heterocycles. The van der Waals surface area contributed by atoms with E-state index in [-0.39, 0.29) is 11.6 Å². The molecular weight excluding hydrogens is 349 g/mol. The van der Waals surface area contributed by atoms with Gasteiger partial charge in [-0.15, -0.1) is 0 Å². The minimum Gasteiger partial charge on any atom is -0.381 e. The molecule has 5 nitrogen and oxygen atoms in total. The number of rotatable bonds is 5. The van der Waals surface area contributed by atoms with Gasteiger partial charge in [0.25, 0.3) is 5.69 Å². The Morgan fingerprint density at radius 3 is 2.75 bits per heavy atom. The number of ether oxygens (including phenoxy) is 1. The van der Waals surface area contributed by atoms with Gasteiger partial charge in [-0.2, -0.15) is 13.2 Å². The monoisotopic (exact) mass is 366 g/mol. The van der Waals surface area contributed by atoms with Crippen molar-refractivity contribution < 1.29 is 22.8 Å². The maximum atomic E-state index is 12.9. The maximum Gasteiger partial charge on any atom is 0.418 e. The molecule has 2 rings (SSSR count). The van der Waals surface area contributed by atoms with E-state index in [1.54, 1.807) is 4.90 Å². The summed E-state index contributed by atoms with van der Waals surface area (Å²) in [5, 5.41) is 10.7. The van der Waals surface area contributed by atoms with E-state index in [0.29, 0.717) is 32.4 Å². The molecule has 134 valence electrons. The van der Waals surface area contributed by atoms with Crippen molar-refractivity contribution in [3.63, 3.8) is 0 Å². The second-order valence-electron chi connectivity index (χ2n) is 5.69. The topological polar surface area (TPSA) is 55.6 Å². The van der Waals surface area contributed by atoms with Crippen molar-refractivity contribution in [3.05, 3.63) is 32.8 Å². The first-order valence-corrected chi connectivity index (χ1v) is 7.99. The molecule has 0 N–H and O–H groups in total. The predicted molar refractivity (Wildman–Crippen MR) is 84.5 cm³/mol. The summed E-state index contributed by atoms with van der Waals surface area (Å²) in [6.07, 6.45) is -3.04. The minimum atomic E-state index is -4.74. The lowest BCUT2D eigenvalue weighted by atomic mass is 9.98. The number of benzene rings is 1. The van der Waals surface area contributed by atoms with E-state index in [9.17, 15) is 23.3 Å². The number of piperidine rings is 1. The summed E-state index contributed by atoms with van der Waals surface area (Å²) >= 11 is 5.74. The highest BCUT2D eigenvalue weighted by Crippen LogP contribution is 2.42. The lowest BCUT2D eigenvalue weighted by Gasteiger charge is -2.34. The van der Waals surface area contributed by atoms with Crippen molar-refractivity contribution in [2.24, 2.45) is 5.92 Å². The second-order valence-corrected chi connectivity index (χ2v) is 6.10. The van der Waals surface area contributed by atoms with Gasteiger partial charge in [0.05, 0.1) is 22.1 Å². The lowest BCUT2D eigenvalue weighted by Crippen LogP contribution is -2.37. The molecule has 0 amide bonds. The number of hydrogen-bond donors (Lipinski definition) is 0. The molecule has 1 atom stereocenters. The summed E-state index contributed by atoms with van der Waals surface area (Å²) in [6.45, 7) is 3.99. The van der Waals surface area contributed by atoms with Gasteiger partial charge in [-0.1, -0.05) is 11.6 Å². The van der Waals surface area contributed by atoms with Crippen LogP contribution in [0.2, 0.25) is 5.02 Å². The van der Waals surface area contributed by atoms with Crippen molar-refractivity contribution >= 4 is 23.0 Å². The third-order valence-electron chi connectivity index (χ3n) is 3.98. The SMILES string of the molecule is CCOCC1CCCN(c2cc(Cl)c(C(F)(F)F)cc2[N+](=O)[O-])C1. The molecule has 0 spiro atoms. The molecule has 24 heavy (non-hydrogen) atoms. The summed E-state index contributed by atoms with van der Waals surface area (Å²) in [6, 6.07) is 1.56. The third-order valence-corrected chi connectivity index (χ3v) is 4.30. The van der Waals surface area contributed by atoms with E-state index >= 15 is 0 Å². The Morgan fingerprint density at radius 2 is 2.17 bits per heavy atom. The van der Waals surface area contributed by atoms with E-state index in [1.165, 1.54) is 0 Å². The molecule has 1 saturated heterocycles. The fourth-order valence-corrected chi connectivity index (χ4v) is 3.14. The van der Waals surface area contributed by atoms with Gasteiger partial charge >= 0.3 is 6.18 Å². The van der Waals surface area contributed by atoms with Gasteiger partial charge in [-0.05, 0) is 31.7 Å². The molecule has 0 radical (unpaired) electrons. The Kier molecular flexibility index (Phi) is 5.92. The molecule has 1 aromatic carbocycles. The smallest absolute Gasteiger partial charge is 0.381 e. The molecular formula is C15H18ClF3N2O3. The average molecular weight is 367 g/mol. The number of anilines is 1. The van der Waals surface area contributed by atoms with Gasteiger partial charge in [-0.3, -0.25) is 10.1 Å². The fourth-order valence-electron chi connectivity index (χ4n) is 2.87. The Balaban J connectivity index is 2.35. The zero-order valence-electron chi connectivity index (χ0n) is 13.1. The van der Waals surface area contributed by atoms with E-state index < -0.39 is 27.4 Å². The van der Waals surface area contributed by atoms with Gasteiger partial charge in [-0.25, -0.2) is 0 Å². The van der Waals surface area contributed by atoms with Crippen molar-refractivity contribution in [1.29, 1.82) is 0 Å². The van der Waals surface area contributed by atoms with Gasteiger partial charge in [0, 0.05) is 25.8 Å². The van der Waals surface area contributed by atoms with Gasteiger partial charge in [0.15, 0.2) is 0 Å². The van der Waals surface area contributed by atoms with Crippen LogP contribution in [0, 0.1) is 16.0 Å². The highest BCUT2D eigenvalue weighted by atomic mass is 35.5. The first-order chi connectivity index (χ1) is 11.2. The van der Waals surface area contributed by atoms with Crippen LogP contribution in [0.1, 0.15) is 25.3 Å². The average Bonchev–Trinajstić information content (AvgIpc) is 2.51. The summed E-state index contributed by atoms with van der Waals surface area (Å²) < 4.78 is 44.2. The number of nitro groups is 1. The summed E-state index contributed by atoms with van der Waals surface area (Å²) in [5.41, 5.74) is -1.65. The third kappa shape index (κ3) is 4.30. The Morgan fingerprint density at radius 1 is 1.46 bits per heavy atom. The first kappa shape index (κ1) is 18.8.